The molecule has 0 amide bonds. The molecule has 1 rings (SSSR count). The Morgan fingerprint density at radius 2 is 2.11 bits per heavy atom. The molecule has 5 nitrogen and oxygen atoms in total. The maximum absolute atomic E-state index is 12.7. The molecule has 0 aromatic carbocycles. The van der Waals surface area contributed by atoms with E-state index in [1.165, 1.54) is 0 Å². The van der Waals surface area contributed by atoms with Crippen molar-refractivity contribution in [3.63, 3.8) is 0 Å². The fourth-order valence-corrected chi connectivity index (χ4v) is 1.26. The Morgan fingerprint density at radius 1 is 1.50 bits per heavy atom. The van der Waals surface area contributed by atoms with Gasteiger partial charge >= 0.3 is 12.3 Å². The van der Waals surface area contributed by atoms with Crippen LogP contribution in [0, 0.1) is 0 Å². The molecule has 0 spiro atoms. The van der Waals surface area contributed by atoms with Crippen LogP contribution in [0.5, 0.6) is 5.75 Å². The highest BCUT2D eigenvalue weighted by Gasteiger charge is 2.34. The zero-order chi connectivity index (χ0) is 13.9. The molecule has 0 radical (unpaired) electrons. The van der Waals surface area contributed by atoms with Gasteiger partial charge in [-0.1, -0.05) is 0 Å². The van der Waals surface area contributed by atoms with Gasteiger partial charge in [0.15, 0.2) is 5.75 Å². The molecular weight excluding hydrogens is 260 g/mol. The summed E-state index contributed by atoms with van der Waals surface area (Å²) in [5.74, 6) is -2.31. The molecule has 100 valence electrons. The van der Waals surface area contributed by atoms with Crippen LogP contribution in [0.1, 0.15) is 11.3 Å². The van der Waals surface area contributed by atoms with E-state index in [0.29, 0.717) is 0 Å². The fourth-order valence-electron chi connectivity index (χ4n) is 1.26. The van der Waals surface area contributed by atoms with E-state index < -0.39 is 42.4 Å². The lowest BCUT2D eigenvalue weighted by Gasteiger charge is -2.15. The molecular formula is C9H8F4N2O3. The number of hydrogen-bond donors (Lipinski definition) is 2. The Balaban J connectivity index is 3.25. The number of aliphatic carboxylic acids is 1. The lowest BCUT2D eigenvalue weighted by atomic mass is 10.1. The standard InChI is InChI=1S/C9H8F4N2O3/c10-2-4-6(1-7(16)17)15-3-5(14)8(4)18-9(11,12)13/h3H,1-2,14H2,(H,16,17). The number of aromatic nitrogens is 1. The molecule has 9 heteroatoms. The van der Waals surface area contributed by atoms with Crippen molar-refractivity contribution in [2.75, 3.05) is 5.73 Å². The second-order valence-electron chi connectivity index (χ2n) is 3.22. The first kappa shape index (κ1) is 14.0. The summed E-state index contributed by atoms with van der Waals surface area (Å²) in [6.45, 7) is -1.37. The Kier molecular flexibility index (Phi) is 3.94. The number of rotatable bonds is 4. The van der Waals surface area contributed by atoms with Gasteiger partial charge < -0.3 is 15.6 Å². The zero-order valence-corrected chi connectivity index (χ0v) is 8.79. The van der Waals surface area contributed by atoms with Gasteiger partial charge in [0.25, 0.3) is 0 Å². The molecule has 0 aliphatic carbocycles. The monoisotopic (exact) mass is 268 g/mol. The molecule has 0 aliphatic rings. The van der Waals surface area contributed by atoms with Gasteiger partial charge in [0.05, 0.1) is 24.0 Å². The largest absolute Gasteiger partial charge is 0.573 e. The lowest BCUT2D eigenvalue weighted by molar-refractivity contribution is -0.274. The number of pyridine rings is 1. The quantitative estimate of drug-likeness (QED) is 0.811. The van der Waals surface area contributed by atoms with Crippen molar-refractivity contribution in [3.8, 4) is 5.75 Å². The molecule has 18 heavy (non-hydrogen) atoms. The average molecular weight is 268 g/mol. The highest BCUT2D eigenvalue weighted by Crippen LogP contribution is 2.33. The molecule has 0 saturated heterocycles. The summed E-state index contributed by atoms with van der Waals surface area (Å²) < 4.78 is 52.6. The summed E-state index contributed by atoms with van der Waals surface area (Å²) in [7, 11) is 0. The number of carbonyl (C=O) groups is 1. The Hall–Kier alpha value is -2.06. The highest BCUT2D eigenvalue weighted by atomic mass is 19.4. The van der Waals surface area contributed by atoms with Gasteiger partial charge in [-0.15, -0.1) is 13.2 Å². The molecule has 0 saturated carbocycles. The number of nitrogen functional groups attached to an aromatic ring is 1. The van der Waals surface area contributed by atoms with Crippen LogP contribution in [0.25, 0.3) is 0 Å². The summed E-state index contributed by atoms with van der Waals surface area (Å²) >= 11 is 0. The first-order valence-corrected chi connectivity index (χ1v) is 4.54. The van der Waals surface area contributed by atoms with E-state index in [0.717, 1.165) is 6.20 Å². The van der Waals surface area contributed by atoms with Gasteiger partial charge in [-0.2, -0.15) is 0 Å². The van der Waals surface area contributed by atoms with E-state index in [1.54, 1.807) is 0 Å². The number of carboxylic acid groups (broad SMARTS) is 1. The number of nitrogens with two attached hydrogens (primary N) is 1. The second-order valence-corrected chi connectivity index (χ2v) is 3.22. The molecule has 0 bridgehead atoms. The third-order valence-electron chi connectivity index (χ3n) is 1.91. The topological polar surface area (TPSA) is 85.4 Å². The minimum Gasteiger partial charge on any atom is -0.481 e. The van der Waals surface area contributed by atoms with Crippen LogP contribution < -0.4 is 10.5 Å². The van der Waals surface area contributed by atoms with Crippen molar-refractivity contribution in [2.24, 2.45) is 0 Å². The smallest absolute Gasteiger partial charge is 0.481 e. The first-order valence-electron chi connectivity index (χ1n) is 4.54. The molecule has 0 fully saturated rings. The minimum atomic E-state index is -5.06. The molecule has 0 aliphatic heterocycles. The van der Waals surface area contributed by atoms with E-state index in [1.807, 2.05) is 0 Å². The fraction of sp³-hybridized carbons (Fsp3) is 0.333. The van der Waals surface area contributed by atoms with Gasteiger partial charge in [0.1, 0.15) is 6.67 Å². The summed E-state index contributed by atoms with van der Waals surface area (Å²) in [5.41, 5.74) is 3.70. The number of ether oxygens (including phenoxy) is 1. The van der Waals surface area contributed by atoms with Gasteiger partial charge in [0.2, 0.25) is 0 Å². The van der Waals surface area contributed by atoms with E-state index in [-0.39, 0.29) is 5.69 Å². The van der Waals surface area contributed by atoms with Crippen LogP contribution in [-0.2, 0) is 17.9 Å². The number of anilines is 1. The van der Waals surface area contributed by atoms with Crippen molar-refractivity contribution in [1.29, 1.82) is 0 Å². The Morgan fingerprint density at radius 3 is 2.56 bits per heavy atom. The second kappa shape index (κ2) is 5.07. The van der Waals surface area contributed by atoms with Crippen LogP contribution >= 0.6 is 0 Å². The van der Waals surface area contributed by atoms with Crippen LogP contribution in [0.15, 0.2) is 6.20 Å². The summed E-state index contributed by atoms with van der Waals surface area (Å²) in [5, 5.41) is 8.52. The lowest BCUT2D eigenvalue weighted by Crippen LogP contribution is -2.20. The number of hydrogen-bond acceptors (Lipinski definition) is 4. The molecule has 1 aromatic rings. The van der Waals surface area contributed by atoms with E-state index in [9.17, 15) is 22.4 Å². The third-order valence-corrected chi connectivity index (χ3v) is 1.91. The Labute approximate surface area is 98.2 Å². The normalized spacial score (nSPS) is 11.3. The highest BCUT2D eigenvalue weighted by molar-refractivity contribution is 5.71. The maximum Gasteiger partial charge on any atom is 0.573 e. The summed E-state index contributed by atoms with van der Waals surface area (Å²) in [6.07, 6.45) is -4.99. The number of halogens is 4. The summed E-state index contributed by atoms with van der Waals surface area (Å²) in [4.78, 5) is 13.9. The first-order chi connectivity index (χ1) is 8.24. The minimum absolute atomic E-state index is 0.363. The van der Waals surface area contributed by atoms with Gasteiger partial charge in [-0.25, -0.2) is 4.39 Å². The van der Waals surface area contributed by atoms with Crippen LogP contribution in [0.2, 0.25) is 0 Å². The van der Waals surface area contributed by atoms with Crippen LogP contribution in [-0.4, -0.2) is 22.4 Å². The van der Waals surface area contributed by atoms with Gasteiger partial charge in [-0.3, -0.25) is 9.78 Å². The van der Waals surface area contributed by atoms with Crippen molar-refractivity contribution in [3.05, 3.63) is 17.5 Å². The van der Waals surface area contributed by atoms with Crippen molar-refractivity contribution >= 4 is 11.7 Å². The van der Waals surface area contributed by atoms with Crippen molar-refractivity contribution < 1.29 is 32.2 Å². The average Bonchev–Trinajstić information content (AvgIpc) is 2.20. The van der Waals surface area contributed by atoms with Crippen molar-refractivity contribution in [1.82, 2.24) is 4.98 Å². The Bertz CT molecular complexity index is 462. The number of alkyl halides is 4. The number of nitrogens with zero attached hydrogens (tertiary/aromatic N) is 1. The molecule has 1 heterocycles. The van der Waals surface area contributed by atoms with Crippen LogP contribution in [0.3, 0.4) is 0 Å². The SMILES string of the molecule is Nc1cnc(CC(=O)O)c(CF)c1OC(F)(F)F. The molecule has 3 N–H and O–H groups in total. The molecule has 1 aromatic heterocycles. The zero-order valence-electron chi connectivity index (χ0n) is 8.79. The van der Waals surface area contributed by atoms with Gasteiger partial charge in [0, 0.05) is 5.56 Å². The van der Waals surface area contributed by atoms with E-state index in [2.05, 4.69) is 9.72 Å². The predicted octanol–water partition coefficient (Wildman–Crippen LogP) is 1.66. The third kappa shape index (κ3) is 3.47. The van der Waals surface area contributed by atoms with E-state index in [4.69, 9.17) is 10.8 Å². The molecule has 0 unspecified atom stereocenters. The molecule has 0 atom stereocenters. The van der Waals surface area contributed by atoms with E-state index >= 15 is 0 Å². The maximum atomic E-state index is 12.7. The number of carboxylic acids is 1. The van der Waals surface area contributed by atoms with Gasteiger partial charge in [-0.05, 0) is 0 Å². The predicted molar refractivity (Wildman–Crippen MR) is 51.5 cm³/mol. The summed E-state index contributed by atoms with van der Waals surface area (Å²) in [6, 6.07) is 0. The van der Waals surface area contributed by atoms with Crippen LogP contribution in [0.4, 0.5) is 23.2 Å². The van der Waals surface area contributed by atoms with Crippen molar-refractivity contribution in [2.45, 2.75) is 19.5 Å².